The van der Waals surface area contributed by atoms with Crippen LogP contribution in [0.4, 0.5) is 42.1 Å². The molecular formula is C31H19BrF7N3O3S. The number of carbonyl (C=O) groups excluding carboxylic acids is 3. The summed E-state index contributed by atoms with van der Waals surface area (Å²) in [7, 11) is 0. The second-order valence-electron chi connectivity index (χ2n) is 9.26. The third-order valence-corrected chi connectivity index (χ3v) is 7.45. The van der Waals surface area contributed by atoms with Crippen molar-refractivity contribution < 1.29 is 45.1 Å². The summed E-state index contributed by atoms with van der Waals surface area (Å²) in [6.45, 7) is 0. The molecule has 0 bridgehead atoms. The molecule has 0 aliphatic carbocycles. The fourth-order valence-corrected chi connectivity index (χ4v) is 5.05. The van der Waals surface area contributed by atoms with Gasteiger partial charge in [0.25, 0.3) is 11.8 Å². The van der Waals surface area contributed by atoms with E-state index in [4.69, 9.17) is 0 Å². The van der Waals surface area contributed by atoms with Gasteiger partial charge in [-0.25, -0.2) is 17.6 Å². The third-order valence-electron chi connectivity index (χ3n) is 5.96. The first kappa shape index (κ1) is 34.2. The minimum Gasteiger partial charge on any atom is -0.321 e. The van der Waals surface area contributed by atoms with Gasteiger partial charge in [-0.2, -0.15) is 13.2 Å². The van der Waals surface area contributed by atoms with Crippen molar-refractivity contribution in [3.63, 3.8) is 0 Å². The molecule has 0 radical (unpaired) electrons. The van der Waals surface area contributed by atoms with Gasteiger partial charge in [-0.3, -0.25) is 14.4 Å². The van der Waals surface area contributed by atoms with Gasteiger partial charge in [0.15, 0.2) is 23.3 Å². The zero-order chi connectivity index (χ0) is 33.6. The Morgan fingerprint density at radius 1 is 0.783 bits per heavy atom. The Bertz CT molecular complexity index is 1810. The molecular weight excluding hydrogens is 707 g/mol. The van der Waals surface area contributed by atoms with Gasteiger partial charge < -0.3 is 16.0 Å². The van der Waals surface area contributed by atoms with Crippen molar-refractivity contribution in [2.45, 2.75) is 11.1 Å². The third kappa shape index (κ3) is 8.54. The number of carbonyl (C=O) groups is 3. The van der Waals surface area contributed by atoms with Crippen molar-refractivity contribution in [2.24, 2.45) is 0 Å². The molecule has 0 atom stereocenters. The first-order valence-corrected chi connectivity index (χ1v) is 14.6. The van der Waals surface area contributed by atoms with Crippen molar-refractivity contribution in [2.75, 3.05) is 16.4 Å². The molecule has 0 saturated carbocycles. The average Bonchev–Trinajstić information content (AvgIpc) is 3.01. The van der Waals surface area contributed by atoms with Crippen LogP contribution in [0.5, 0.6) is 0 Å². The van der Waals surface area contributed by atoms with Crippen LogP contribution in [0.2, 0.25) is 0 Å². The van der Waals surface area contributed by atoms with Crippen LogP contribution in [-0.2, 0) is 15.8 Å². The smallest absolute Gasteiger partial charge is 0.321 e. The van der Waals surface area contributed by atoms with Crippen LogP contribution in [0, 0.1) is 23.3 Å². The van der Waals surface area contributed by atoms with E-state index >= 15 is 0 Å². The predicted octanol–water partition coefficient (Wildman–Crippen LogP) is 8.16. The normalized spacial score (nSPS) is 11.6. The quantitative estimate of drug-likeness (QED) is 0.0704. The summed E-state index contributed by atoms with van der Waals surface area (Å²) >= 11 is 4.12. The lowest BCUT2D eigenvalue weighted by Crippen LogP contribution is -2.30. The van der Waals surface area contributed by atoms with Crippen molar-refractivity contribution >= 4 is 62.9 Å². The molecule has 15 heteroatoms. The molecule has 4 aromatic carbocycles. The van der Waals surface area contributed by atoms with Crippen molar-refractivity contribution in [3.05, 3.63) is 129 Å². The van der Waals surface area contributed by atoms with Gasteiger partial charge in [-0.1, -0.05) is 52.3 Å². The lowest BCUT2D eigenvalue weighted by molar-refractivity contribution is -0.143. The summed E-state index contributed by atoms with van der Waals surface area (Å²) in [6.07, 6.45) is -4.27. The number of nitrogens with one attached hydrogen (secondary N) is 3. The van der Waals surface area contributed by atoms with Gasteiger partial charge in [0.1, 0.15) is 16.9 Å². The van der Waals surface area contributed by atoms with E-state index in [1.54, 1.807) is 59.9 Å². The van der Waals surface area contributed by atoms with E-state index < -0.39 is 64.2 Å². The van der Waals surface area contributed by atoms with Gasteiger partial charge in [0.05, 0.1) is 5.75 Å². The molecule has 3 N–H and O–H groups in total. The van der Waals surface area contributed by atoms with Gasteiger partial charge in [-0.15, -0.1) is 11.8 Å². The topological polar surface area (TPSA) is 87.3 Å². The Labute approximate surface area is 269 Å². The zero-order valence-electron chi connectivity index (χ0n) is 22.9. The maximum Gasteiger partial charge on any atom is 0.422 e. The first-order chi connectivity index (χ1) is 21.7. The molecule has 46 heavy (non-hydrogen) atoms. The molecule has 3 amide bonds. The number of benzene rings is 4. The number of hydrogen-bond acceptors (Lipinski definition) is 4. The highest BCUT2D eigenvalue weighted by Gasteiger charge is 2.42. The standard InChI is InChI=1S/C31H19BrF7N3O3S/c32-18-9-4-6-16(12-18)13-21(41-29(44)17-7-2-1-3-8-17)30(45)40-19-10-5-11-20(14-19)46-15-22(43)42-28-26(35)24(33)23(31(37,38)39)25(34)27(28)36/h1-14H,15H2,(H,40,45)(H,41,44)(H,42,43)/b21-13+. The fraction of sp³-hybridized carbons (Fsp3) is 0.0645. The predicted molar refractivity (Wildman–Crippen MR) is 162 cm³/mol. The van der Waals surface area contributed by atoms with Crippen molar-refractivity contribution in [3.8, 4) is 0 Å². The number of rotatable bonds is 9. The summed E-state index contributed by atoms with van der Waals surface area (Å²) in [5, 5.41) is 6.76. The minimum absolute atomic E-state index is 0.107. The largest absolute Gasteiger partial charge is 0.422 e. The molecule has 0 aromatic heterocycles. The molecule has 0 unspecified atom stereocenters. The molecule has 0 heterocycles. The van der Waals surface area contributed by atoms with E-state index in [0.717, 1.165) is 16.2 Å². The monoisotopic (exact) mass is 725 g/mol. The van der Waals surface area contributed by atoms with Crippen LogP contribution in [-0.4, -0.2) is 23.5 Å². The number of amides is 3. The maximum atomic E-state index is 14.2. The highest BCUT2D eigenvalue weighted by molar-refractivity contribution is 9.10. The van der Waals surface area contributed by atoms with Crippen molar-refractivity contribution in [1.82, 2.24) is 5.32 Å². The fourth-order valence-electron chi connectivity index (χ4n) is 3.88. The van der Waals surface area contributed by atoms with Gasteiger partial charge in [0.2, 0.25) is 5.91 Å². The number of alkyl halides is 3. The lowest BCUT2D eigenvalue weighted by Gasteiger charge is -2.14. The zero-order valence-corrected chi connectivity index (χ0v) is 25.3. The maximum absolute atomic E-state index is 14.2. The SMILES string of the molecule is O=C(CSc1cccc(NC(=O)/C(=C\c2cccc(Br)c2)NC(=O)c2ccccc2)c1)Nc1c(F)c(F)c(C(F)(F)F)c(F)c1F. The number of halogens is 8. The molecule has 238 valence electrons. The molecule has 0 aliphatic rings. The van der Waals surface area contributed by atoms with Crippen molar-refractivity contribution in [1.29, 1.82) is 0 Å². The van der Waals surface area contributed by atoms with E-state index in [2.05, 4.69) is 26.6 Å². The van der Waals surface area contributed by atoms with E-state index in [-0.39, 0.29) is 11.4 Å². The van der Waals surface area contributed by atoms with Gasteiger partial charge in [-0.05, 0) is 54.1 Å². The van der Waals surface area contributed by atoms with Gasteiger partial charge >= 0.3 is 6.18 Å². The van der Waals surface area contributed by atoms with E-state index in [1.165, 1.54) is 30.3 Å². The summed E-state index contributed by atoms with van der Waals surface area (Å²) in [5.74, 6) is -13.3. The Kier molecular flexibility index (Phi) is 10.9. The molecule has 0 saturated heterocycles. The van der Waals surface area contributed by atoms with Gasteiger partial charge in [0, 0.05) is 20.6 Å². The Balaban J connectivity index is 1.47. The Hall–Kier alpha value is -4.63. The highest BCUT2D eigenvalue weighted by Crippen LogP contribution is 2.38. The second-order valence-corrected chi connectivity index (χ2v) is 11.2. The lowest BCUT2D eigenvalue weighted by atomic mass is 10.1. The molecule has 4 rings (SSSR count). The first-order valence-electron chi connectivity index (χ1n) is 12.9. The van der Waals surface area contributed by atoms with Crippen LogP contribution in [0.25, 0.3) is 6.08 Å². The number of hydrogen-bond donors (Lipinski definition) is 3. The Morgan fingerprint density at radius 3 is 2.07 bits per heavy atom. The molecule has 4 aromatic rings. The molecule has 0 aliphatic heterocycles. The second kappa shape index (κ2) is 14.6. The van der Waals surface area contributed by atoms with Crippen LogP contribution in [0.15, 0.2) is 93.9 Å². The van der Waals surface area contributed by atoms with Crippen LogP contribution in [0.1, 0.15) is 21.5 Å². The average molecular weight is 726 g/mol. The minimum atomic E-state index is -5.72. The Morgan fingerprint density at radius 2 is 1.43 bits per heavy atom. The summed E-state index contributed by atoms with van der Waals surface area (Å²) in [6, 6.07) is 21.0. The number of thioether (sulfide) groups is 1. The number of anilines is 2. The van der Waals surface area contributed by atoms with E-state index in [1.807, 2.05) is 0 Å². The van der Waals surface area contributed by atoms with E-state index in [9.17, 15) is 45.1 Å². The van der Waals surface area contributed by atoms with Crippen LogP contribution < -0.4 is 16.0 Å². The molecule has 6 nitrogen and oxygen atoms in total. The highest BCUT2D eigenvalue weighted by atomic mass is 79.9. The van der Waals surface area contributed by atoms with E-state index in [0.29, 0.717) is 16.0 Å². The molecule has 0 fully saturated rings. The summed E-state index contributed by atoms with van der Waals surface area (Å²) in [5.41, 5.74) is -3.48. The summed E-state index contributed by atoms with van der Waals surface area (Å²) in [4.78, 5) is 38.7. The van der Waals surface area contributed by atoms with Crippen LogP contribution in [0.3, 0.4) is 0 Å². The molecule has 0 spiro atoms. The van der Waals surface area contributed by atoms with Crippen LogP contribution >= 0.6 is 27.7 Å². The summed E-state index contributed by atoms with van der Waals surface area (Å²) < 4.78 is 95.2.